The Morgan fingerprint density at radius 1 is 1.18 bits per heavy atom. The summed E-state index contributed by atoms with van der Waals surface area (Å²) in [5, 5.41) is 2.77. The minimum absolute atomic E-state index is 0.361. The lowest BCUT2D eigenvalue weighted by Gasteiger charge is -2.33. The molecule has 1 aromatic carbocycles. The second-order valence-corrected chi connectivity index (χ2v) is 7.91. The number of carbonyl (C=O) groups excluding carboxylic acids is 4. The Kier molecular flexibility index (Phi) is 5.40. The third-order valence-corrected chi connectivity index (χ3v) is 5.62. The third-order valence-electron chi connectivity index (χ3n) is 5.62. The first-order chi connectivity index (χ1) is 13.2. The van der Waals surface area contributed by atoms with E-state index in [0.29, 0.717) is 24.3 Å². The number of hydrogen-bond acceptors (Lipinski definition) is 4. The normalized spacial score (nSPS) is 24.2. The number of hydrazine groups is 1. The van der Waals surface area contributed by atoms with Crippen LogP contribution in [0.3, 0.4) is 0 Å². The van der Waals surface area contributed by atoms with Crippen LogP contribution in [0.5, 0.6) is 0 Å². The molecule has 0 aromatic heterocycles. The van der Waals surface area contributed by atoms with Crippen molar-refractivity contribution in [3.63, 3.8) is 0 Å². The third kappa shape index (κ3) is 3.85. The smallest absolute Gasteiger partial charge is 0.323 e. The van der Waals surface area contributed by atoms with Gasteiger partial charge in [0.05, 0.1) is 0 Å². The number of amides is 5. The Hall–Kier alpha value is -2.90. The molecule has 1 aliphatic carbocycles. The number of nitrogens with one attached hydrogen (secondary N) is 3. The van der Waals surface area contributed by atoms with Gasteiger partial charge in [-0.3, -0.25) is 30.1 Å². The Labute approximate surface area is 164 Å². The molecule has 1 aromatic rings. The second-order valence-electron chi connectivity index (χ2n) is 7.91. The summed E-state index contributed by atoms with van der Waals surface area (Å²) in [6.45, 7) is 5.42. The summed E-state index contributed by atoms with van der Waals surface area (Å²) in [6.07, 6.45) is 2.89. The molecule has 8 heteroatoms. The zero-order chi connectivity index (χ0) is 20.5. The maximum Gasteiger partial charge on any atom is 0.325 e. The molecule has 0 radical (unpaired) electrons. The summed E-state index contributed by atoms with van der Waals surface area (Å²) < 4.78 is 0. The largest absolute Gasteiger partial charge is 0.325 e. The van der Waals surface area contributed by atoms with E-state index in [1.807, 2.05) is 13.0 Å². The highest BCUT2D eigenvalue weighted by Gasteiger charge is 2.52. The molecule has 0 unspecified atom stereocenters. The van der Waals surface area contributed by atoms with Crippen LogP contribution in [0.1, 0.15) is 54.1 Å². The average molecular weight is 386 g/mol. The molecule has 1 saturated heterocycles. The van der Waals surface area contributed by atoms with Gasteiger partial charge >= 0.3 is 6.03 Å². The van der Waals surface area contributed by atoms with Crippen molar-refractivity contribution in [3.8, 4) is 0 Å². The fraction of sp³-hybridized carbons (Fsp3) is 0.500. The van der Waals surface area contributed by atoms with Crippen molar-refractivity contribution in [2.75, 3.05) is 6.54 Å². The van der Waals surface area contributed by atoms with Crippen molar-refractivity contribution in [2.24, 2.45) is 5.92 Å². The first kappa shape index (κ1) is 19.9. The van der Waals surface area contributed by atoms with Gasteiger partial charge in [0, 0.05) is 5.56 Å². The summed E-state index contributed by atoms with van der Waals surface area (Å²) in [6, 6.07) is 4.79. The van der Waals surface area contributed by atoms with Crippen molar-refractivity contribution in [1.29, 1.82) is 0 Å². The van der Waals surface area contributed by atoms with Gasteiger partial charge in [0.1, 0.15) is 12.1 Å². The number of hydrogen-bond donors (Lipinski definition) is 3. The molecule has 1 aliphatic heterocycles. The lowest BCUT2D eigenvalue weighted by molar-refractivity contribution is -0.136. The van der Waals surface area contributed by atoms with Crippen LogP contribution in [-0.4, -0.2) is 40.7 Å². The standard InChI is InChI=1S/C20H26N4O4/c1-12-6-8-20(9-7-12)18(27)24(19(28)21-20)11-16(25)22-23-17(26)15-5-4-13(2)10-14(15)3/h4-5,10,12H,6-9,11H2,1-3H3,(H,21,28)(H,22,25)(H,23,26). The highest BCUT2D eigenvalue weighted by Crippen LogP contribution is 2.36. The van der Waals surface area contributed by atoms with Crippen LogP contribution in [0.4, 0.5) is 4.79 Å². The van der Waals surface area contributed by atoms with Gasteiger partial charge in [0.25, 0.3) is 17.7 Å². The molecule has 5 amide bonds. The highest BCUT2D eigenvalue weighted by atomic mass is 16.2. The van der Waals surface area contributed by atoms with Crippen molar-refractivity contribution >= 4 is 23.8 Å². The SMILES string of the molecule is Cc1ccc(C(=O)NNC(=O)CN2C(=O)NC3(CCC(C)CC3)C2=O)c(C)c1. The summed E-state index contributed by atoms with van der Waals surface area (Å²) in [5.74, 6) is -0.933. The van der Waals surface area contributed by atoms with Gasteiger partial charge in [0.2, 0.25) is 0 Å². The van der Waals surface area contributed by atoms with E-state index in [0.717, 1.165) is 28.9 Å². The number of rotatable bonds is 3. The zero-order valence-corrected chi connectivity index (χ0v) is 16.4. The molecule has 1 saturated carbocycles. The molecule has 150 valence electrons. The predicted molar refractivity (Wildman–Crippen MR) is 102 cm³/mol. The van der Waals surface area contributed by atoms with Crippen LogP contribution >= 0.6 is 0 Å². The molecule has 0 bridgehead atoms. The molecule has 3 N–H and O–H groups in total. The van der Waals surface area contributed by atoms with Crippen molar-refractivity contribution < 1.29 is 19.2 Å². The maximum atomic E-state index is 12.7. The van der Waals surface area contributed by atoms with E-state index < -0.39 is 29.9 Å². The minimum atomic E-state index is -0.883. The zero-order valence-electron chi connectivity index (χ0n) is 16.4. The summed E-state index contributed by atoms with van der Waals surface area (Å²) >= 11 is 0. The van der Waals surface area contributed by atoms with E-state index in [9.17, 15) is 19.2 Å². The topological polar surface area (TPSA) is 108 Å². The number of nitrogens with zero attached hydrogens (tertiary/aromatic N) is 1. The van der Waals surface area contributed by atoms with Gasteiger partial charge in [-0.2, -0.15) is 0 Å². The van der Waals surface area contributed by atoms with Crippen LogP contribution in [-0.2, 0) is 9.59 Å². The van der Waals surface area contributed by atoms with E-state index in [1.165, 1.54) is 0 Å². The van der Waals surface area contributed by atoms with Gasteiger partial charge in [-0.15, -0.1) is 0 Å². The highest BCUT2D eigenvalue weighted by molar-refractivity contribution is 6.09. The van der Waals surface area contributed by atoms with Crippen LogP contribution in [0.2, 0.25) is 0 Å². The second kappa shape index (κ2) is 7.61. The molecule has 2 fully saturated rings. The summed E-state index contributed by atoms with van der Waals surface area (Å²) in [5.41, 5.74) is 5.98. The summed E-state index contributed by atoms with van der Waals surface area (Å²) in [4.78, 5) is 50.3. The molecule has 2 aliphatic rings. The molecule has 1 spiro atoms. The van der Waals surface area contributed by atoms with E-state index in [1.54, 1.807) is 19.1 Å². The number of aryl methyl sites for hydroxylation is 2. The molecule has 28 heavy (non-hydrogen) atoms. The molecule has 3 rings (SSSR count). The van der Waals surface area contributed by atoms with E-state index >= 15 is 0 Å². The van der Waals surface area contributed by atoms with Gasteiger partial charge < -0.3 is 5.32 Å². The minimum Gasteiger partial charge on any atom is -0.323 e. The van der Waals surface area contributed by atoms with Gasteiger partial charge in [-0.25, -0.2) is 4.79 Å². The molecule has 1 heterocycles. The first-order valence-electron chi connectivity index (χ1n) is 9.52. The van der Waals surface area contributed by atoms with E-state index in [4.69, 9.17) is 0 Å². The van der Waals surface area contributed by atoms with Crippen molar-refractivity contribution in [3.05, 3.63) is 34.9 Å². The predicted octanol–water partition coefficient (Wildman–Crippen LogP) is 1.57. The first-order valence-corrected chi connectivity index (χ1v) is 9.52. The number of carbonyl (C=O) groups is 4. The number of benzene rings is 1. The maximum absolute atomic E-state index is 12.7. The van der Waals surface area contributed by atoms with E-state index in [-0.39, 0.29) is 5.91 Å². The molecular formula is C20H26N4O4. The Bertz CT molecular complexity index is 827. The number of urea groups is 1. The fourth-order valence-corrected chi connectivity index (χ4v) is 3.86. The quantitative estimate of drug-likeness (QED) is 0.541. The van der Waals surface area contributed by atoms with Gasteiger partial charge in [-0.05, 0) is 57.1 Å². The Morgan fingerprint density at radius 3 is 2.50 bits per heavy atom. The van der Waals surface area contributed by atoms with Gasteiger partial charge in [0.15, 0.2) is 0 Å². The molecular weight excluding hydrogens is 360 g/mol. The Morgan fingerprint density at radius 2 is 1.86 bits per heavy atom. The Balaban J connectivity index is 1.57. The number of imide groups is 1. The molecule has 0 atom stereocenters. The van der Waals surface area contributed by atoms with Crippen LogP contribution in [0.15, 0.2) is 18.2 Å². The van der Waals surface area contributed by atoms with E-state index in [2.05, 4.69) is 23.1 Å². The average Bonchev–Trinajstić information content (AvgIpc) is 2.86. The monoisotopic (exact) mass is 386 g/mol. The van der Waals surface area contributed by atoms with Crippen LogP contribution < -0.4 is 16.2 Å². The lowest BCUT2D eigenvalue weighted by Crippen LogP contribution is -2.50. The summed E-state index contributed by atoms with van der Waals surface area (Å²) in [7, 11) is 0. The van der Waals surface area contributed by atoms with Crippen molar-refractivity contribution in [2.45, 2.75) is 52.0 Å². The van der Waals surface area contributed by atoms with Crippen molar-refractivity contribution in [1.82, 2.24) is 21.1 Å². The van der Waals surface area contributed by atoms with Crippen LogP contribution in [0, 0.1) is 19.8 Å². The molecule has 8 nitrogen and oxygen atoms in total. The lowest BCUT2D eigenvalue weighted by atomic mass is 9.77. The van der Waals surface area contributed by atoms with Gasteiger partial charge in [-0.1, -0.05) is 24.6 Å². The van der Waals surface area contributed by atoms with Crippen LogP contribution in [0.25, 0.3) is 0 Å². The fourth-order valence-electron chi connectivity index (χ4n) is 3.86.